The number of rotatable bonds is 10. The molecule has 0 spiro atoms. The van der Waals surface area contributed by atoms with E-state index in [4.69, 9.17) is 14.2 Å². The number of benzene rings is 3. The number of anilines is 1. The summed E-state index contributed by atoms with van der Waals surface area (Å²) in [5.41, 5.74) is 1.15. The summed E-state index contributed by atoms with van der Waals surface area (Å²) in [6.07, 6.45) is 1.06. The molecular formula is C25H28N2O6S. The second kappa shape index (κ2) is 10.9. The molecule has 0 heterocycles. The minimum Gasteiger partial charge on any atom is -0.493 e. The number of methoxy groups -OCH3 is 2. The minimum absolute atomic E-state index is 0.358. The van der Waals surface area contributed by atoms with Crippen molar-refractivity contribution in [3.63, 3.8) is 0 Å². The first-order chi connectivity index (χ1) is 16.2. The van der Waals surface area contributed by atoms with E-state index in [0.29, 0.717) is 28.7 Å². The summed E-state index contributed by atoms with van der Waals surface area (Å²) in [5.74, 6) is 1.88. The lowest BCUT2D eigenvalue weighted by Crippen LogP contribution is -2.41. The summed E-state index contributed by atoms with van der Waals surface area (Å²) in [4.78, 5) is 12.7. The van der Waals surface area contributed by atoms with Crippen LogP contribution < -0.4 is 23.8 Å². The van der Waals surface area contributed by atoms with Crippen molar-refractivity contribution in [2.45, 2.75) is 13.0 Å². The number of hydrogen-bond donors (Lipinski definition) is 1. The highest BCUT2D eigenvalue weighted by atomic mass is 32.2. The van der Waals surface area contributed by atoms with Crippen LogP contribution in [0.3, 0.4) is 0 Å². The molecule has 3 aromatic rings. The molecule has 8 nitrogen and oxygen atoms in total. The number of amides is 1. The molecule has 1 amide bonds. The van der Waals surface area contributed by atoms with Gasteiger partial charge >= 0.3 is 0 Å². The van der Waals surface area contributed by atoms with Gasteiger partial charge in [-0.3, -0.25) is 9.10 Å². The van der Waals surface area contributed by atoms with Crippen LogP contribution in [0.5, 0.6) is 23.0 Å². The Morgan fingerprint density at radius 3 is 2.12 bits per heavy atom. The molecule has 0 aliphatic heterocycles. The van der Waals surface area contributed by atoms with E-state index in [1.807, 2.05) is 36.4 Å². The van der Waals surface area contributed by atoms with Crippen LogP contribution in [-0.2, 0) is 14.8 Å². The molecular weight excluding hydrogens is 456 g/mol. The van der Waals surface area contributed by atoms with Gasteiger partial charge in [0.05, 0.1) is 32.2 Å². The van der Waals surface area contributed by atoms with Crippen LogP contribution >= 0.6 is 0 Å². The first kappa shape index (κ1) is 24.9. The lowest BCUT2D eigenvalue weighted by Gasteiger charge is -2.23. The van der Waals surface area contributed by atoms with Crippen molar-refractivity contribution in [3.8, 4) is 23.0 Å². The summed E-state index contributed by atoms with van der Waals surface area (Å²) in [6, 6.07) is 20.7. The first-order valence-corrected chi connectivity index (χ1v) is 12.4. The predicted octanol–water partition coefficient (Wildman–Crippen LogP) is 4.14. The quantitative estimate of drug-likeness (QED) is 0.465. The van der Waals surface area contributed by atoms with E-state index in [-0.39, 0.29) is 12.6 Å². The molecule has 3 aromatic carbocycles. The van der Waals surface area contributed by atoms with Crippen molar-refractivity contribution in [2.75, 3.05) is 31.3 Å². The van der Waals surface area contributed by atoms with E-state index in [1.54, 1.807) is 50.4 Å². The highest BCUT2D eigenvalue weighted by Crippen LogP contribution is 2.30. The largest absolute Gasteiger partial charge is 0.493 e. The molecule has 0 saturated heterocycles. The van der Waals surface area contributed by atoms with Gasteiger partial charge in [-0.2, -0.15) is 0 Å². The predicted molar refractivity (Wildman–Crippen MR) is 131 cm³/mol. The third-order valence-corrected chi connectivity index (χ3v) is 6.22. The number of ether oxygens (including phenoxy) is 3. The van der Waals surface area contributed by atoms with Crippen LogP contribution in [0.1, 0.15) is 18.5 Å². The van der Waals surface area contributed by atoms with Crippen molar-refractivity contribution in [3.05, 3.63) is 78.4 Å². The number of sulfonamides is 1. The van der Waals surface area contributed by atoms with E-state index in [9.17, 15) is 13.2 Å². The fourth-order valence-electron chi connectivity index (χ4n) is 3.33. The molecule has 0 aliphatic carbocycles. The number of carbonyl (C=O) groups excluding carboxylic acids is 1. The summed E-state index contributed by atoms with van der Waals surface area (Å²) in [6.45, 7) is 1.44. The number of para-hydroxylation sites is 1. The van der Waals surface area contributed by atoms with Crippen LogP contribution in [0.15, 0.2) is 72.8 Å². The van der Waals surface area contributed by atoms with E-state index in [0.717, 1.165) is 16.1 Å². The Hall–Kier alpha value is -3.72. The highest BCUT2D eigenvalue weighted by Gasteiger charge is 2.22. The second-order valence-electron chi connectivity index (χ2n) is 7.58. The van der Waals surface area contributed by atoms with Gasteiger partial charge in [-0.15, -0.1) is 0 Å². The van der Waals surface area contributed by atoms with E-state index >= 15 is 0 Å². The maximum atomic E-state index is 12.7. The molecule has 0 radical (unpaired) electrons. The van der Waals surface area contributed by atoms with E-state index in [2.05, 4.69) is 5.32 Å². The summed E-state index contributed by atoms with van der Waals surface area (Å²) >= 11 is 0. The summed E-state index contributed by atoms with van der Waals surface area (Å²) < 4.78 is 42.2. The Morgan fingerprint density at radius 2 is 1.53 bits per heavy atom. The molecule has 0 saturated carbocycles. The third-order valence-electron chi connectivity index (χ3n) is 5.08. The van der Waals surface area contributed by atoms with Gasteiger partial charge in [0.15, 0.2) is 11.5 Å². The fourth-order valence-corrected chi connectivity index (χ4v) is 4.18. The number of nitrogens with one attached hydrogen (secondary N) is 1. The van der Waals surface area contributed by atoms with E-state index in [1.165, 1.54) is 7.11 Å². The Labute approximate surface area is 200 Å². The van der Waals surface area contributed by atoms with Crippen molar-refractivity contribution in [1.82, 2.24) is 5.32 Å². The zero-order valence-electron chi connectivity index (χ0n) is 19.5. The molecule has 1 N–H and O–H groups in total. The second-order valence-corrected chi connectivity index (χ2v) is 9.49. The maximum absolute atomic E-state index is 12.7. The van der Waals surface area contributed by atoms with Crippen molar-refractivity contribution < 1.29 is 27.4 Å². The first-order valence-electron chi connectivity index (χ1n) is 10.5. The van der Waals surface area contributed by atoms with Gasteiger partial charge in [-0.25, -0.2) is 8.42 Å². The Morgan fingerprint density at radius 1 is 0.912 bits per heavy atom. The zero-order valence-corrected chi connectivity index (χ0v) is 20.3. The lowest BCUT2D eigenvalue weighted by atomic mass is 10.1. The minimum atomic E-state index is -3.71. The van der Waals surface area contributed by atoms with Crippen LogP contribution in [0, 0.1) is 0 Å². The van der Waals surface area contributed by atoms with E-state index < -0.39 is 15.9 Å². The van der Waals surface area contributed by atoms with Crippen molar-refractivity contribution in [1.29, 1.82) is 0 Å². The summed E-state index contributed by atoms with van der Waals surface area (Å²) in [5, 5.41) is 2.84. The molecule has 0 aliphatic rings. The Bertz CT molecular complexity index is 1210. The standard InChI is InChI=1S/C25H28N2O6S/c1-18(19-10-15-23(31-2)24(16-19)32-3)26-25(28)17-27(34(4,29)30)20-11-13-22(14-12-20)33-21-8-6-5-7-9-21/h5-16,18H,17H2,1-4H3,(H,26,28). The van der Waals surface area contributed by atoms with Gasteiger partial charge in [0.2, 0.25) is 15.9 Å². The lowest BCUT2D eigenvalue weighted by molar-refractivity contribution is -0.120. The monoisotopic (exact) mass is 484 g/mol. The summed E-state index contributed by atoms with van der Waals surface area (Å²) in [7, 11) is -0.632. The maximum Gasteiger partial charge on any atom is 0.241 e. The van der Waals surface area contributed by atoms with Gasteiger partial charge < -0.3 is 19.5 Å². The topological polar surface area (TPSA) is 94.2 Å². The van der Waals surface area contributed by atoms with Crippen LogP contribution in [0.2, 0.25) is 0 Å². The van der Waals surface area contributed by atoms with Gasteiger partial charge in [-0.05, 0) is 61.0 Å². The Balaban J connectivity index is 1.71. The van der Waals surface area contributed by atoms with Gasteiger partial charge in [0.25, 0.3) is 0 Å². The van der Waals surface area contributed by atoms with Crippen LogP contribution in [0.25, 0.3) is 0 Å². The Kier molecular flexibility index (Phi) is 8.01. The van der Waals surface area contributed by atoms with Crippen molar-refractivity contribution >= 4 is 21.6 Å². The average Bonchev–Trinajstić information content (AvgIpc) is 2.82. The van der Waals surface area contributed by atoms with Gasteiger partial charge in [-0.1, -0.05) is 24.3 Å². The smallest absolute Gasteiger partial charge is 0.241 e. The van der Waals surface area contributed by atoms with Gasteiger partial charge in [0.1, 0.15) is 18.0 Å². The molecule has 0 fully saturated rings. The molecule has 0 aromatic heterocycles. The zero-order chi connectivity index (χ0) is 24.7. The molecule has 9 heteroatoms. The SMILES string of the molecule is COc1ccc(C(C)NC(=O)CN(c2ccc(Oc3ccccc3)cc2)S(C)(=O)=O)cc1OC. The molecule has 3 rings (SSSR count). The fraction of sp³-hybridized carbons (Fsp3) is 0.240. The molecule has 0 bridgehead atoms. The molecule has 180 valence electrons. The normalized spacial score (nSPS) is 11.9. The highest BCUT2D eigenvalue weighted by molar-refractivity contribution is 7.92. The molecule has 1 atom stereocenters. The van der Waals surface area contributed by atoms with Gasteiger partial charge in [0, 0.05) is 0 Å². The number of nitrogens with zero attached hydrogens (tertiary/aromatic N) is 1. The molecule has 34 heavy (non-hydrogen) atoms. The third kappa shape index (κ3) is 6.41. The van der Waals surface area contributed by atoms with Crippen LogP contribution in [-0.4, -0.2) is 41.3 Å². The number of carbonyl (C=O) groups is 1. The van der Waals surface area contributed by atoms with Crippen LogP contribution in [0.4, 0.5) is 5.69 Å². The average molecular weight is 485 g/mol. The van der Waals surface area contributed by atoms with Crippen molar-refractivity contribution in [2.24, 2.45) is 0 Å². The molecule has 1 unspecified atom stereocenters. The number of hydrogen-bond acceptors (Lipinski definition) is 6.